The minimum atomic E-state index is -3.46. The Morgan fingerprint density at radius 2 is 2.00 bits per heavy atom. The second-order valence-electron chi connectivity index (χ2n) is 2.80. The van der Waals surface area contributed by atoms with Gasteiger partial charge in [0.05, 0.1) is 5.75 Å². The highest BCUT2D eigenvalue weighted by Crippen LogP contribution is 2.10. The van der Waals surface area contributed by atoms with Gasteiger partial charge in [0.2, 0.25) is 0 Å². The summed E-state index contributed by atoms with van der Waals surface area (Å²) in [4.78, 5) is 10.6. The molecule has 0 rings (SSSR count). The fraction of sp³-hybridized carbons (Fsp3) is 0.875. The summed E-state index contributed by atoms with van der Waals surface area (Å²) in [5.74, 6) is 0.0344. The Morgan fingerprint density at radius 1 is 1.43 bits per heavy atom. The zero-order valence-corrected chi connectivity index (χ0v) is 10.0. The van der Waals surface area contributed by atoms with E-state index < -0.39 is 21.1 Å². The van der Waals surface area contributed by atoms with Gasteiger partial charge < -0.3 is 5.11 Å². The molecule has 0 radical (unpaired) electrons. The fourth-order valence-electron chi connectivity index (χ4n) is 1.04. The average molecular weight is 240 g/mol. The van der Waals surface area contributed by atoms with E-state index in [1.165, 1.54) is 11.8 Å². The second-order valence-corrected chi connectivity index (χ2v) is 6.50. The number of carbonyl (C=O) groups is 1. The van der Waals surface area contributed by atoms with Crippen LogP contribution >= 0.6 is 11.8 Å². The van der Waals surface area contributed by atoms with Gasteiger partial charge in [-0.25, -0.2) is 8.42 Å². The lowest BCUT2D eigenvalue weighted by atomic mass is 10.3. The minimum Gasteiger partial charge on any atom is -0.480 e. The molecule has 0 saturated heterocycles. The van der Waals surface area contributed by atoms with E-state index in [9.17, 15) is 13.2 Å². The van der Waals surface area contributed by atoms with Crippen molar-refractivity contribution in [2.75, 3.05) is 17.3 Å². The van der Waals surface area contributed by atoms with Gasteiger partial charge in [0, 0.05) is 5.75 Å². The molecular weight excluding hydrogens is 224 g/mol. The Labute approximate surface area is 89.0 Å². The quantitative estimate of drug-likeness (QED) is 0.673. The van der Waals surface area contributed by atoms with Crippen molar-refractivity contribution in [1.29, 1.82) is 0 Å². The minimum absolute atomic E-state index is 0.0453. The summed E-state index contributed by atoms with van der Waals surface area (Å²) in [5.41, 5.74) is 0. The molecule has 0 aromatic carbocycles. The molecule has 0 aliphatic carbocycles. The topological polar surface area (TPSA) is 71.4 Å². The van der Waals surface area contributed by atoms with E-state index in [-0.39, 0.29) is 12.2 Å². The van der Waals surface area contributed by atoms with Crippen LogP contribution in [0.1, 0.15) is 20.3 Å². The zero-order chi connectivity index (χ0) is 11.2. The molecule has 0 aliphatic rings. The van der Waals surface area contributed by atoms with Crippen LogP contribution in [0.4, 0.5) is 0 Å². The maximum atomic E-state index is 11.5. The van der Waals surface area contributed by atoms with Gasteiger partial charge in [-0.3, -0.25) is 4.79 Å². The van der Waals surface area contributed by atoms with Crippen LogP contribution in [-0.2, 0) is 14.6 Å². The van der Waals surface area contributed by atoms with Gasteiger partial charge in [-0.2, -0.15) is 11.8 Å². The van der Waals surface area contributed by atoms with E-state index >= 15 is 0 Å². The molecule has 0 heterocycles. The number of thioether (sulfide) groups is 1. The first-order valence-electron chi connectivity index (χ1n) is 4.47. The van der Waals surface area contributed by atoms with Crippen LogP contribution in [0.3, 0.4) is 0 Å². The second kappa shape index (κ2) is 6.29. The predicted molar refractivity (Wildman–Crippen MR) is 58.5 cm³/mol. The summed E-state index contributed by atoms with van der Waals surface area (Å²) in [6.45, 7) is 3.51. The molecule has 14 heavy (non-hydrogen) atoms. The summed E-state index contributed by atoms with van der Waals surface area (Å²) in [5, 5.41) is 7.44. The van der Waals surface area contributed by atoms with E-state index in [0.29, 0.717) is 5.75 Å². The lowest BCUT2D eigenvalue weighted by Crippen LogP contribution is -2.32. The van der Waals surface area contributed by atoms with Crippen molar-refractivity contribution >= 4 is 27.6 Å². The molecule has 84 valence electrons. The molecule has 1 unspecified atom stereocenters. The van der Waals surface area contributed by atoms with Crippen LogP contribution in [0.2, 0.25) is 0 Å². The Balaban J connectivity index is 4.35. The first kappa shape index (κ1) is 13.8. The Bertz CT molecular complexity index is 271. The van der Waals surface area contributed by atoms with E-state index in [0.717, 1.165) is 5.75 Å². The Morgan fingerprint density at radius 3 is 2.36 bits per heavy atom. The summed E-state index contributed by atoms with van der Waals surface area (Å²) >= 11 is 1.50. The van der Waals surface area contributed by atoms with Crippen molar-refractivity contribution in [2.24, 2.45) is 0 Å². The smallest absolute Gasteiger partial charge is 0.321 e. The van der Waals surface area contributed by atoms with Crippen molar-refractivity contribution in [2.45, 2.75) is 25.5 Å². The molecular formula is C8H16O4S2. The van der Waals surface area contributed by atoms with Gasteiger partial charge in [0.25, 0.3) is 0 Å². The Kier molecular flexibility index (Phi) is 6.19. The van der Waals surface area contributed by atoms with Crippen LogP contribution in [-0.4, -0.2) is 42.0 Å². The van der Waals surface area contributed by atoms with Crippen molar-refractivity contribution in [3.63, 3.8) is 0 Å². The SMILES string of the molecule is CCSCCS(=O)(=O)C(CC)C(=O)O. The summed E-state index contributed by atoms with van der Waals surface area (Å²) in [7, 11) is -3.46. The summed E-state index contributed by atoms with van der Waals surface area (Å²) in [6.07, 6.45) is 0.133. The first-order chi connectivity index (χ1) is 6.45. The number of carboxylic acid groups (broad SMARTS) is 1. The van der Waals surface area contributed by atoms with Gasteiger partial charge in [0.15, 0.2) is 15.1 Å². The van der Waals surface area contributed by atoms with Crippen molar-refractivity contribution in [1.82, 2.24) is 0 Å². The number of sulfone groups is 1. The molecule has 0 aromatic rings. The van der Waals surface area contributed by atoms with Crippen LogP contribution < -0.4 is 0 Å². The van der Waals surface area contributed by atoms with E-state index in [1.807, 2.05) is 6.92 Å². The molecule has 0 fully saturated rings. The summed E-state index contributed by atoms with van der Waals surface area (Å²) in [6, 6.07) is 0. The van der Waals surface area contributed by atoms with Crippen molar-refractivity contribution in [3.05, 3.63) is 0 Å². The van der Waals surface area contributed by atoms with Crippen LogP contribution in [0.25, 0.3) is 0 Å². The van der Waals surface area contributed by atoms with Crippen LogP contribution in [0, 0.1) is 0 Å². The zero-order valence-electron chi connectivity index (χ0n) is 8.39. The molecule has 1 atom stereocenters. The third-order valence-corrected chi connectivity index (χ3v) is 5.13. The molecule has 0 aromatic heterocycles. The largest absolute Gasteiger partial charge is 0.480 e. The van der Waals surface area contributed by atoms with Gasteiger partial charge in [-0.05, 0) is 12.2 Å². The highest BCUT2D eigenvalue weighted by atomic mass is 32.2. The Hall–Kier alpha value is -0.230. The monoisotopic (exact) mass is 240 g/mol. The number of carboxylic acids is 1. The molecule has 0 amide bonds. The normalized spacial score (nSPS) is 13.9. The number of hydrogen-bond donors (Lipinski definition) is 1. The van der Waals surface area contributed by atoms with Crippen molar-refractivity contribution in [3.8, 4) is 0 Å². The number of hydrogen-bond acceptors (Lipinski definition) is 4. The molecule has 0 bridgehead atoms. The number of aliphatic carboxylic acids is 1. The average Bonchev–Trinajstić information content (AvgIpc) is 2.04. The van der Waals surface area contributed by atoms with Gasteiger partial charge in [-0.1, -0.05) is 13.8 Å². The van der Waals surface area contributed by atoms with Gasteiger partial charge >= 0.3 is 5.97 Å². The standard InChI is InChI=1S/C8H16O4S2/c1-3-7(8(9)10)14(11,12)6-5-13-4-2/h7H,3-6H2,1-2H3,(H,9,10). The van der Waals surface area contributed by atoms with Gasteiger partial charge in [0.1, 0.15) is 0 Å². The van der Waals surface area contributed by atoms with Crippen LogP contribution in [0.5, 0.6) is 0 Å². The first-order valence-corrected chi connectivity index (χ1v) is 7.34. The highest BCUT2D eigenvalue weighted by Gasteiger charge is 2.29. The third kappa shape index (κ3) is 4.32. The molecule has 1 N–H and O–H groups in total. The predicted octanol–water partition coefficient (Wildman–Crippen LogP) is 1.02. The molecule has 0 saturated carbocycles. The van der Waals surface area contributed by atoms with E-state index in [1.54, 1.807) is 6.92 Å². The van der Waals surface area contributed by atoms with Crippen molar-refractivity contribution < 1.29 is 18.3 Å². The molecule has 6 heteroatoms. The molecule has 4 nitrogen and oxygen atoms in total. The highest BCUT2D eigenvalue weighted by molar-refractivity contribution is 8.00. The molecule has 0 aliphatic heterocycles. The maximum Gasteiger partial charge on any atom is 0.321 e. The third-order valence-electron chi connectivity index (χ3n) is 1.80. The summed E-state index contributed by atoms with van der Waals surface area (Å²) < 4.78 is 23.0. The maximum absolute atomic E-state index is 11.5. The van der Waals surface area contributed by atoms with E-state index in [2.05, 4.69) is 0 Å². The lowest BCUT2D eigenvalue weighted by molar-refractivity contribution is -0.136. The van der Waals surface area contributed by atoms with Crippen LogP contribution in [0.15, 0.2) is 0 Å². The molecule has 0 spiro atoms. The lowest BCUT2D eigenvalue weighted by Gasteiger charge is -2.10. The van der Waals surface area contributed by atoms with Gasteiger partial charge in [-0.15, -0.1) is 0 Å². The fourth-order valence-corrected chi connectivity index (χ4v) is 3.83. The number of rotatable bonds is 7. The van der Waals surface area contributed by atoms with E-state index in [4.69, 9.17) is 5.11 Å².